The molecule has 1 atom stereocenters. The zero-order valence-electron chi connectivity index (χ0n) is 12.1. The highest BCUT2D eigenvalue weighted by molar-refractivity contribution is 5.68. The van der Waals surface area contributed by atoms with Gasteiger partial charge in [0.2, 0.25) is 0 Å². The highest BCUT2D eigenvalue weighted by Gasteiger charge is 2.10. The molecule has 0 radical (unpaired) electrons. The van der Waals surface area contributed by atoms with Crippen molar-refractivity contribution < 1.29 is 19.0 Å². The van der Waals surface area contributed by atoms with E-state index in [2.05, 4.69) is 9.64 Å². The van der Waals surface area contributed by atoms with E-state index in [-0.39, 0.29) is 5.97 Å². The number of hydrogen-bond acceptors (Lipinski definition) is 5. The van der Waals surface area contributed by atoms with Gasteiger partial charge in [-0.1, -0.05) is 6.42 Å². The van der Waals surface area contributed by atoms with E-state index >= 15 is 0 Å². The SMILES string of the molecule is COCC(COCCCCCC(=O)OC)N(C)C. The standard InChI is InChI=1S/C13H27NO4/c1-14(2)12(10-16-3)11-18-9-7-5-6-8-13(15)17-4/h12H,5-11H2,1-4H3. The first-order valence-corrected chi connectivity index (χ1v) is 6.41. The molecule has 0 aromatic rings. The Balaban J connectivity index is 3.40. The molecule has 0 aromatic carbocycles. The Labute approximate surface area is 110 Å². The number of ether oxygens (including phenoxy) is 3. The third kappa shape index (κ3) is 9.39. The van der Waals surface area contributed by atoms with Crippen LogP contribution in [0.25, 0.3) is 0 Å². The number of methoxy groups -OCH3 is 2. The molecule has 0 aromatic heterocycles. The van der Waals surface area contributed by atoms with Crippen molar-refractivity contribution in [3.05, 3.63) is 0 Å². The molecule has 0 spiro atoms. The maximum absolute atomic E-state index is 10.9. The minimum absolute atomic E-state index is 0.135. The van der Waals surface area contributed by atoms with Gasteiger partial charge in [0.25, 0.3) is 0 Å². The summed E-state index contributed by atoms with van der Waals surface area (Å²) in [5, 5.41) is 0. The van der Waals surface area contributed by atoms with Gasteiger partial charge < -0.3 is 19.1 Å². The normalized spacial score (nSPS) is 12.7. The molecule has 5 heteroatoms. The largest absolute Gasteiger partial charge is 0.469 e. The van der Waals surface area contributed by atoms with E-state index in [0.29, 0.717) is 25.7 Å². The molecule has 0 saturated heterocycles. The average molecular weight is 261 g/mol. The van der Waals surface area contributed by atoms with Gasteiger partial charge in [-0.15, -0.1) is 0 Å². The minimum atomic E-state index is -0.135. The number of hydrogen-bond donors (Lipinski definition) is 0. The molecule has 5 nitrogen and oxygen atoms in total. The molecule has 0 aliphatic rings. The number of nitrogens with zero attached hydrogens (tertiary/aromatic N) is 1. The Morgan fingerprint density at radius 1 is 1.11 bits per heavy atom. The second-order valence-electron chi connectivity index (χ2n) is 4.53. The molecule has 0 amide bonds. The van der Waals surface area contributed by atoms with Crippen LogP contribution in [0.3, 0.4) is 0 Å². The summed E-state index contributed by atoms with van der Waals surface area (Å²) in [6.07, 6.45) is 3.34. The Bertz CT molecular complexity index is 209. The lowest BCUT2D eigenvalue weighted by atomic mass is 10.2. The Kier molecular flexibility index (Phi) is 11.0. The highest BCUT2D eigenvalue weighted by atomic mass is 16.5. The number of rotatable bonds is 11. The summed E-state index contributed by atoms with van der Waals surface area (Å²) in [4.78, 5) is 13.0. The topological polar surface area (TPSA) is 48.0 Å². The van der Waals surface area contributed by atoms with Crippen molar-refractivity contribution in [2.45, 2.75) is 31.7 Å². The highest BCUT2D eigenvalue weighted by Crippen LogP contribution is 2.02. The zero-order chi connectivity index (χ0) is 13.8. The lowest BCUT2D eigenvalue weighted by molar-refractivity contribution is -0.140. The van der Waals surface area contributed by atoms with Crippen molar-refractivity contribution in [2.75, 3.05) is 48.1 Å². The fraction of sp³-hybridized carbons (Fsp3) is 0.923. The molecule has 0 N–H and O–H groups in total. The number of esters is 1. The van der Waals surface area contributed by atoms with Gasteiger partial charge in [-0.05, 0) is 26.9 Å². The van der Waals surface area contributed by atoms with E-state index in [0.717, 1.165) is 25.9 Å². The van der Waals surface area contributed by atoms with Gasteiger partial charge in [0.1, 0.15) is 0 Å². The van der Waals surface area contributed by atoms with Crippen LogP contribution in [0.2, 0.25) is 0 Å². The van der Waals surface area contributed by atoms with Crippen molar-refractivity contribution in [2.24, 2.45) is 0 Å². The molecule has 0 aliphatic heterocycles. The molecule has 0 bridgehead atoms. The first kappa shape index (κ1) is 17.4. The Morgan fingerprint density at radius 2 is 1.83 bits per heavy atom. The van der Waals surface area contributed by atoms with Gasteiger partial charge in [-0.3, -0.25) is 4.79 Å². The van der Waals surface area contributed by atoms with Crippen LogP contribution in [0.4, 0.5) is 0 Å². The van der Waals surface area contributed by atoms with Crippen LogP contribution < -0.4 is 0 Å². The maximum atomic E-state index is 10.9. The maximum Gasteiger partial charge on any atom is 0.305 e. The first-order chi connectivity index (χ1) is 8.61. The predicted molar refractivity (Wildman–Crippen MR) is 70.7 cm³/mol. The molecule has 0 aliphatic carbocycles. The summed E-state index contributed by atoms with van der Waals surface area (Å²) in [6, 6.07) is 0.296. The summed E-state index contributed by atoms with van der Waals surface area (Å²) >= 11 is 0. The van der Waals surface area contributed by atoms with Gasteiger partial charge in [-0.2, -0.15) is 0 Å². The van der Waals surface area contributed by atoms with Crippen LogP contribution in [0.15, 0.2) is 0 Å². The predicted octanol–water partition coefficient (Wildman–Crippen LogP) is 1.31. The fourth-order valence-corrected chi connectivity index (χ4v) is 1.51. The Morgan fingerprint density at radius 3 is 2.39 bits per heavy atom. The lowest BCUT2D eigenvalue weighted by Crippen LogP contribution is -2.36. The van der Waals surface area contributed by atoms with E-state index in [1.165, 1.54) is 7.11 Å². The molecular weight excluding hydrogens is 234 g/mol. The third-order valence-corrected chi connectivity index (χ3v) is 2.80. The van der Waals surface area contributed by atoms with Crippen LogP contribution >= 0.6 is 0 Å². The van der Waals surface area contributed by atoms with E-state index in [4.69, 9.17) is 9.47 Å². The smallest absolute Gasteiger partial charge is 0.305 e. The van der Waals surface area contributed by atoms with Gasteiger partial charge in [0.05, 0.1) is 26.4 Å². The quantitative estimate of drug-likeness (QED) is 0.414. The molecule has 0 rings (SSSR count). The molecule has 1 unspecified atom stereocenters. The van der Waals surface area contributed by atoms with Crippen LogP contribution in [-0.2, 0) is 19.0 Å². The van der Waals surface area contributed by atoms with Crippen molar-refractivity contribution in [3.63, 3.8) is 0 Å². The number of likely N-dealkylation sites (N-methyl/N-ethyl adjacent to an activating group) is 1. The van der Waals surface area contributed by atoms with Crippen molar-refractivity contribution in [1.82, 2.24) is 4.90 Å². The van der Waals surface area contributed by atoms with Crippen LogP contribution in [0, 0.1) is 0 Å². The fourth-order valence-electron chi connectivity index (χ4n) is 1.51. The number of carbonyl (C=O) groups excluding carboxylic acids is 1. The lowest BCUT2D eigenvalue weighted by Gasteiger charge is -2.23. The molecule has 0 saturated carbocycles. The van der Waals surface area contributed by atoms with Gasteiger partial charge in [0, 0.05) is 20.1 Å². The molecule has 0 heterocycles. The molecular formula is C13H27NO4. The zero-order valence-corrected chi connectivity index (χ0v) is 12.1. The van der Waals surface area contributed by atoms with Crippen LogP contribution in [0.1, 0.15) is 25.7 Å². The average Bonchev–Trinajstić information content (AvgIpc) is 2.35. The van der Waals surface area contributed by atoms with Gasteiger partial charge >= 0.3 is 5.97 Å². The number of unbranched alkanes of at least 4 members (excludes halogenated alkanes) is 2. The minimum Gasteiger partial charge on any atom is -0.469 e. The molecule has 108 valence electrons. The second kappa shape index (κ2) is 11.4. The summed E-state index contributed by atoms with van der Waals surface area (Å²) in [5.41, 5.74) is 0. The van der Waals surface area contributed by atoms with Crippen molar-refractivity contribution in [1.29, 1.82) is 0 Å². The van der Waals surface area contributed by atoms with E-state index in [1.807, 2.05) is 14.1 Å². The van der Waals surface area contributed by atoms with E-state index in [9.17, 15) is 4.79 Å². The first-order valence-electron chi connectivity index (χ1n) is 6.41. The van der Waals surface area contributed by atoms with Crippen molar-refractivity contribution in [3.8, 4) is 0 Å². The Hall–Kier alpha value is -0.650. The van der Waals surface area contributed by atoms with Crippen LogP contribution in [-0.4, -0.2) is 65.0 Å². The van der Waals surface area contributed by atoms with Crippen LogP contribution in [0.5, 0.6) is 0 Å². The summed E-state index contributed by atoms with van der Waals surface area (Å²) in [6.45, 7) is 2.09. The van der Waals surface area contributed by atoms with Crippen molar-refractivity contribution >= 4 is 5.97 Å². The molecule has 0 fully saturated rings. The van der Waals surface area contributed by atoms with E-state index in [1.54, 1.807) is 7.11 Å². The summed E-state index contributed by atoms with van der Waals surface area (Å²) < 4.78 is 15.3. The monoisotopic (exact) mass is 261 g/mol. The summed E-state index contributed by atoms with van der Waals surface area (Å²) in [7, 11) is 7.15. The molecule has 18 heavy (non-hydrogen) atoms. The van der Waals surface area contributed by atoms with Gasteiger partial charge in [-0.25, -0.2) is 0 Å². The van der Waals surface area contributed by atoms with E-state index < -0.39 is 0 Å². The number of carbonyl (C=O) groups is 1. The van der Waals surface area contributed by atoms with Gasteiger partial charge in [0.15, 0.2) is 0 Å². The second-order valence-corrected chi connectivity index (χ2v) is 4.53. The third-order valence-electron chi connectivity index (χ3n) is 2.80. The summed E-state index contributed by atoms with van der Waals surface area (Å²) in [5.74, 6) is -0.135.